The van der Waals surface area contributed by atoms with Crippen molar-refractivity contribution in [1.82, 2.24) is 0 Å². The van der Waals surface area contributed by atoms with Crippen LogP contribution in [0.4, 0.5) is 0 Å². The van der Waals surface area contributed by atoms with Gasteiger partial charge in [-0.1, -0.05) is 20.8 Å². The Labute approximate surface area is 128 Å². The molecule has 0 aliphatic carbocycles. The lowest BCUT2D eigenvalue weighted by atomic mass is 10.9. The molecule has 0 bridgehead atoms. The molecule has 20 heavy (non-hydrogen) atoms. The lowest BCUT2D eigenvalue weighted by Gasteiger charge is -2.36. The summed E-state index contributed by atoms with van der Waals surface area (Å²) in [4.78, 5) is 0. The van der Waals surface area contributed by atoms with Crippen LogP contribution in [-0.2, 0) is 17.2 Å². The predicted molar refractivity (Wildman–Crippen MR) is 94.8 cm³/mol. The van der Waals surface area contributed by atoms with E-state index in [0.29, 0.717) is 0 Å². The molecule has 0 amide bonds. The van der Waals surface area contributed by atoms with E-state index in [9.17, 15) is 4.57 Å². The summed E-state index contributed by atoms with van der Waals surface area (Å²) in [5.41, 5.74) is 0. The lowest BCUT2D eigenvalue weighted by Crippen LogP contribution is -2.39. The maximum atomic E-state index is 13.2. The Morgan fingerprint density at radius 2 is 1.00 bits per heavy atom. The minimum Gasteiger partial charge on any atom is -0.331 e. The molecule has 0 saturated heterocycles. The van der Waals surface area contributed by atoms with Gasteiger partial charge < -0.3 is 12.6 Å². The van der Waals surface area contributed by atoms with Gasteiger partial charge in [0.2, 0.25) is 8.32 Å². The summed E-state index contributed by atoms with van der Waals surface area (Å²) in [6.07, 6.45) is 0. The Bertz CT molecular complexity index is 317. The van der Waals surface area contributed by atoms with E-state index in [1.165, 1.54) is 0 Å². The van der Waals surface area contributed by atoms with Crippen molar-refractivity contribution in [3.8, 4) is 0 Å². The van der Waals surface area contributed by atoms with E-state index >= 15 is 0 Å². The Balaban J connectivity index is 5.38. The van der Waals surface area contributed by atoms with Crippen LogP contribution >= 0.6 is 7.82 Å². The maximum Gasteiger partial charge on any atom is 0.445 e. The van der Waals surface area contributed by atoms with E-state index < -0.39 is 32.8 Å². The smallest absolute Gasteiger partial charge is 0.331 e. The van der Waals surface area contributed by atoms with Crippen molar-refractivity contribution in [1.29, 1.82) is 0 Å². The van der Waals surface area contributed by atoms with E-state index in [-0.39, 0.29) is 0 Å². The van der Waals surface area contributed by atoms with Crippen LogP contribution in [-0.4, -0.2) is 25.0 Å². The summed E-state index contributed by atoms with van der Waals surface area (Å²) in [7, 11) is -9.47. The van der Waals surface area contributed by atoms with E-state index in [1.807, 2.05) is 39.3 Å². The standard InChI is InChI=1S/C12H33O4PSi3/c1-10-20(11-2,12-3)16-17(13,14-18(4,5)6)15-19(7,8)9/h10-12H2,1-9H3. The number of hydrogen-bond acceptors (Lipinski definition) is 4. The first-order chi connectivity index (χ1) is 8.80. The number of phosphoric acid groups is 1. The number of rotatable bonds is 9. The normalized spacial score (nSPS) is 14.7. The zero-order valence-corrected chi connectivity index (χ0v) is 18.6. The Hall–Kier alpha value is 0.761. The molecule has 0 aromatic heterocycles. The van der Waals surface area contributed by atoms with Crippen LogP contribution in [0.15, 0.2) is 0 Å². The second-order valence-electron chi connectivity index (χ2n) is 7.19. The molecule has 0 fully saturated rings. The summed E-state index contributed by atoms with van der Waals surface area (Å²) in [6, 6.07) is 2.82. The SMILES string of the molecule is CC[Si](CC)(CC)OP(=O)(O[Si](C)(C)C)O[Si](C)(C)C. The molecule has 0 rings (SSSR count). The van der Waals surface area contributed by atoms with Gasteiger partial charge >= 0.3 is 7.82 Å². The molecule has 8 heteroatoms. The van der Waals surface area contributed by atoms with E-state index in [4.69, 9.17) is 12.6 Å². The van der Waals surface area contributed by atoms with Gasteiger partial charge in [-0.25, -0.2) is 4.57 Å². The monoisotopic (exact) mass is 356 g/mol. The molecule has 0 aromatic carbocycles. The van der Waals surface area contributed by atoms with E-state index in [1.54, 1.807) is 0 Å². The van der Waals surface area contributed by atoms with E-state index in [2.05, 4.69) is 20.8 Å². The maximum absolute atomic E-state index is 13.2. The highest BCUT2D eigenvalue weighted by atomic mass is 31.2. The third-order valence-corrected chi connectivity index (χ3v) is 15.5. The Morgan fingerprint density at radius 3 is 1.20 bits per heavy atom. The van der Waals surface area contributed by atoms with Crippen LogP contribution in [0, 0.1) is 0 Å². The van der Waals surface area contributed by atoms with Crippen molar-refractivity contribution in [3.63, 3.8) is 0 Å². The van der Waals surface area contributed by atoms with Crippen LogP contribution in [0.2, 0.25) is 57.4 Å². The first kappa shape index (κ1) is 20.8. The van der Waals surface area contributed by atoms with Crippen LogP contribution in [0.5, 0.6) is 0 Å². The summed E-state index contributed by atoms with van der Waals surface area (Å²) in [5, 5.41) is 0. The summed E-state index contributed by atoms with van der Waals surface area (Å²) in [5.74, 6) is 0. The molecule has 4 nitrogen and oxygen atoms in total. The molecule has 0 radical (unpaired) electrons. The largest absolute Gasteiger partial charge is 0.445 e. The Kier molecular flexibility index (Phi) is 7.63. The highest BCUT2D eigenvalue weighted by Crippen LogP contribution is 2.57. The molecular formula is C12H33O4PSi3. The molecule has 0 aromatic rings. The van der Waals surface area contributed by atoms with Crippen molar-refractivity contribution in [2.75, 3.05) is 0 Å². The third kappa shape index (κ3) is 7.68. The van der Waals surface area contributed by atoms with Gasteiger partial charge in [-0.05, 0) is 57.4 Å². The molecule has 122 valence electrons. The lowest BCUT2D eigenvalue weighted by molar-refractivity contribution is 0.289. The minimum atomic E-state index is -3.45. The number of hydrogen-bond donors (Lipinski definition) is 0. The second kappa shape index (κ2) is 7.35. The molecule has 0 heterocycles. The fourth-order valence-corrected chi connectivity index (χ4v) is 13.7. The zero-order valence-electron chi connectivity index (χ0n) is 14.7. The topological polar surface area (TPSA) is 44.8 Å². The molecular weight excluding hydrogens is 323 g/mol. The average Bonchev–Trinajstić information content (AvgIpc) is 2.20. The van der Waals surface area contributed by atoms with Crippen molar-refractivity contribution >= 4 is 32.8 Å². The molecule has 0 aliphatic heterocycles. The van der Waals surface area contributed by atoms with Gasteiger partial charge in [0.05, 0.1) is 0 Å². The van der Waals surface area contributed by atoms with Crippen LogP contribution in [0.25, 0.3) is 0 Å². The summed E-state index contributed by atoms with van der Waals surface area (Å²) < 4.78 is 31.1. The average molecular weight is 357 g/mol. The van der Waals surface area contributed by atoms with Gasteiger partial charge in [0.15, 0.2) is 16.6 Å². The molecule has 0 spiro atoms. The first-order valence-corrected chi connectivity index (χ1v) is 18.3. The van der Waals surface area contributed by atoms with Crippen molar-refractivity contribution < 1.29 is 17.2 Å². The van der Waals surface area contributed by atoms with Crippen molar-refractivity contribution in [3.05, 3.63) is 0 Å². The molecule has 0 saturated carbocycles. The van der Waals surface area contributed by atoms with Crippen molar-refractivity contribution in [2.45, 2.75) is 78.2 Å². The molecule has 0 aliphatic rings. The first-order valence-electron chi connectivity index (χ1n) is 7.52. The summed E-state index contributed by atoms with van der Waals surface area (Å²) >= 11 is 0. The second-order valence-corrected chi connectivity index (χ2v) is 23.2. The summed E-state index contributed by atoms with van der Waals surface area (Å²) in [6.45, 7) is 18.5. The van der Waals surface area contributed by atoms with Crippen molar-refractivity contribution in [2.24, 2.45) is 0 Å². The van der Waals surface area contributed by atoms with Gasteiger partial charge in [-0.15, -0.1) is 0 Å². The van der Waals surface area contributed by atoms with E-state index in [0.717, 1.165) is 18.1 Å². The Morgan fingerprint density at radius 1 is 0.700 bits per heavy atom. The van der Waals surface area contributed by atoms with Gasteiger partial charge in [0.1, 0.15) is 0 Å². The zero-order chi connectivity index (χ0) is 16.2. The fourth-order valence-electron chi connectivity index (χ4n) is 1.91. The van der Waals surface area contributed by atoms with Crippen LogP contribution < -0.4 is 0 Å². The van der Waals surface area contributed by atoms with Gasteiger partial charge in [-0.3, -0.25) is 0 Å². The molecule has 0 atom stereocenters. The van der Waals surface area contributed by atoms with Crippen LogP contribution in [0.1, 0.15) is 20.8 Å². The third-order valence-electron chi connectivity index (χ3n) is 3.01. The minimum absolute atomic E-state index is 0.939. The van der Waals surface area contributed by atoms with Crippen LogP contribution in [0.3, 0.4) is 0 Å². The predicted octanol–water partition coefficient (Wildman–Crippen LogP) is 5.82. The molecule has 0 unspecified atom stereocenters. The highest BCUT2D eigenvalue weighted by Gasteiger charge is 2.44. The van der Waals surface area contributed by atoms with Gasteiger partial charge in [-0.2, -0.15) is 0 Å². The van der Waals surface area contributed by atoms with Gasteiger partial charge in [0, 0.05) is 0 Å². The quantitative estimate of drug-likeness (QED) is 0.386. The highest BCUT2D eigenvalue weighted by molar-refractivity contribution is 7.53. The van der Waals surface area contributed by atoms with Gasteiger partial charge in [0.25, 0.3) is 0 Å². The fraction of sp³-hybridized carbons (Fsp3) is 1.00. The molecule has 0 N–H and O–H groups in total.